The maximum absolute atomic E-state index is 12.9. The fourth-order valence-electron chi connectivity index (χ4n) is 4.85. The summed E-state index contributed by atoms with van der Waals surface area (Å²) in [5.41, 5.74) is 2.43. The van der Waals surface area contributed by atoms with Crippen LogP contribution in [-0.4, -0.2) is 69.5 Å². The maximum Gasteiger partial charge on any atom is 0.236 e. The second kappa shape index (κ2) is 7.64. The van der Waals surface area contributed by atoms with Gasteiger partial charge < -0.3 is 9.64 Å². The number of carbonyl (C=O) groups is 1. The molecular formula is C21H27N5O2. The molecule has 0 radical (unpaired) electrons. The second-order valence-corrected chi connectivity index (χ2v) is 8.18. The number of piperidine rings is 2. The normalized spacial score (nSPS) is 25.9. The molecule has 1 amide bonds. The Kier molecular flexibility index (Phi) is 4.86. The number of fused-ring (bicyclic) bond motifs is 3. The van der Waals surface area contributed by atoms with Crippen LogP contribution >= 0.6 is 0 Å². The number of carbonyl (C=O) groups excluding carboxylic acids is 1. The molecule has 0 aliphatic carbocycles. The number of aromatic nitrogens is 3. The van der Waals surface area contributed by atoms with E-state index in [-0.39, 0.29) is 18.1 Å². The van der Waals surface area contributed by atoms with E-state index >= 15 is 0 Å². The quantitative estimate of drug-likeness (QED) is 0.812. The summed E-state index contributed by atoms with van der Waals surface area (Å²) >= 11 is 0. The molecule has 1 aromatic carbocycles. The van der Waals surface area contributed by atoms with Crippen molar-refractivity contribution in [3.8, 4) is 0 Å². The van der Waals surface area contributed by atoms with Crippen LogP contribution in [0.3, 0.4) is 0 Å². The van der Waals surface area contributed by atoms with Gasteiger partial charge in [0.2, 0.25) is 5.91 Å². The lowest BCUT2D eigenvalue weighted by atomic mass is 9.89. The largest absolute Gasteiger partial charge is 0.370 e. The number of amides is 1. The van der Waals surface area contributed by atoms with Gasteiger partial charge in [0.1, 0.15) is 0 Å². The predicted molar refractivity (Wildman–Crippen MR) is 104 cm³/mol. The Morgan fingerprint density at radius 1 is 1.11 bits per heavy atom. The molecule has 0 N–H and O–H groups in total. The van der Waals surface area contributed by atoms with Crippen molar-refractivity contribution in [2.75, 3.05) is 32.7 Å². The van der Waals surface area contributed by atoms with Crippen molar-refractivity contribution < 1.29 is 9.53 Å². The second-order valence-electron chi connectivity index (χ2n) is 8.18. The van der Waals surface area contributed by atoms with Gasteiger partial charge in [-0.05, 0) is 43.8 Å². The molecule has 2 atom stereocenters. The van der Waals surface area contributed by atoms with E-state index in [1.54, 1.807) is 6.20 Å². The molecule has 28 heavy (non-hydrogen) atoms. The fourth-order valence-corrected chi connectivity index (χ4v) is 4.85. The highest BCUT2D eigenvalue weighted by atomic mass is 16.5. The van der Waals surface area contributed by atoms with Gasteiger partial charge in [-0.15, -0.1) is 5.10 Å². The molecule has 148 valence electrons. The van der Waals surface area contributed by atoms with Gasteiger partial charge >= 0.3 is 0 Å². The van der Waals surface area contributed by atoms with Crippen molar-refractivity contribution >= 4 is 5.91 Å². The van der Waals surface area contributed by atoms with Crippen LogP contribution in [-0.2, 0) is 16.1 Å². The Labute approximate surface area is 165 Å². The lowest BCUT2D eigenvalue weighted by Gasteiger charge is -2.41. The highest BCUT2D eigenvalue weighted by Crippen LogP contribution is 2.31. The molecule has 0 spiro atoms. The van der Waals surface area contributed by atoms with E-state index in [2.05, 4.69) is 45.5 Å². The third-order valence-electron chi connectivity index (χ3n) is 6.50. The lowest BCUT2D eigenvalue weighted by molar-refractivity contribution is -0.139. The topological polar surface area (TPSA) is 63.5 Å². The summed E-state index contributed by atoms with van der Waals surface area (Å²) in [6, 6.07) is 10.8. The number of ether oxygens (including phenoxy) is 1. The molecule has 0 saturated carbocycles. The summed E-state index contributed by atoms with van der Waals surface area (Å²) in [4.78, 5) is 17.2. The van der Waals surface area contributed by atoms with Crippen LogP contribution < -0.4 is 0 Å². The number of likely N-dealkylation sites (tertiary alicyclic amines) is 2. The Hall–Kier alpha value is -2.25. The van der Waals surface area contributed by atoms with Crippen LogP contribution in [0.4, 0.5) is 0 Å². The van der Waals surface area contributed by atoms with Crippen LogP contribution in [0.2, 0.25) is 0 Å². The molecule has 2 saturated heterocycles. The molecule has 7 heteroatoms. The van der Waals surface area contributed by atoms with E-state index in [0.29, 0.717) is 25.6 Å². The summed E-state index contributed by atoms with van der Waals surface area (Å²) in [6.07, 6.45) is 5.01. The molecule has 3 aliphatic rings. The average molecular weight is 381 g/mol. The number of rotatable bonds is 3. The molecule has 2 aromatic rings. The molecule has 1 aromatic heterocycles. The number of benzene rings is 1. The third-order valence-corrected chi connectivity index (χ3v) is 6.50. The van der Waals surface area contributed by atoms with Crippen molar-refractivity contribution in [2.45, 2.75) is 43.9 Å². The van der Waals surface area contributed by atoms with Gasteiger partial charge in [0.25, 0.3) is 0 Å². The van der Waals surface area contributed by atoms with Crippen molar-refractivity contribution in [2.24, 2.45) is 0 Å². The van der Waals surface area contributed by atoms with Crippen molar-refractivity contribution in [1.29, 1.82) is 0 Å². The minimum atomic E-state index is 0.0905. The van der Waals surface area contributed by atoms with E-state index in [9.17, 15) is 4.79 Å². The molecule has 7 nitrogen and oxygen atoms in total. The zero-order valence-electron chi connectivity index (χ0n) is 16.1. The van der Waals surface area contributed by atoms with Crippen molar-refractivity contribution in [1.82, 2.24) is 24.8 Å². The molecular weight excluding hydrogens is 354 g/mol. The van der Waals surface area contributed by atoms with E-state index in [4.69, 9.17) is 4.74 Å². The average Bonchev–Trinajstić information content (AvgIpc) is 3.24. The van der Waals surface area contributed by atoms with Gasteiger partial charge in [-0.25, -0.2) is 4.68 Å². The Balaban J connectivity index is 1.16. The van der Waals surface area contributed by atoms with Gasteiger partial charge in [0.05, 0.1) is 37.2 Å². The van der Waals surface area contributed by atoms with Crippen LogP contribution in [0, 0.1) is 0 Å². The first-order chi connectivity index (χ1) is 13.8. The first-order valence-corrected chi connectivity index (χ1v) is 10.3. The summed E-state index contributed by atoms with van der Waals surface area (Å²) in [5.74, 6) is 0.845. The highest BCUT2D eigenvalue weighted by Gasteiger charge is 2.38. The maximum atomic E-state index is 12.9. The van der Waals surface area contributed by atoms with Gasteiger partial charge in [-0.1, -0.05) is 35.5 Å². The minimum absolute atomic E-state index is 0.0905. The smallest absolute Gasteiger partial charge is 0.236 e. The highest BCUT2D eigenvalue weighted by molar-refractivity contribution is 5.78. The van der Waals surface area contributed by atoms with E-state index in [0.717, 1.165) is 44.6 Å². The standard InChI is InChI=1S/C21H27N5O2/c27-21(14-24-9-6-17(7-10-24)16-4-2-1-3-5-16)25-11-8-20-19(13-25)26-18(15-28-20)12-22-23-26/h1-5,12,17,19-20H,6-11,13-15H2/t19-,20-/m0/s1. The van der Waals surface area contributed by atoms with Gasteiger partial charge in [-0.3, -0.25) is 9.69 Å². The van der Waals surface area contributed by atoms with E-state index < -0.39 is 0 Å². The molecule has 0 unspecified atom stereocenters. The van der Waals surface area contributed by atoms with Crippen molar-refractivity contribution in [3.05, 3.63) is 47.8 Å². The fraction of sp³-hybridized carbons (Fsp3) is 0.571. The van der Waals surface area contributed by atoms with Crippen LogP contribution in [0.25, 0.3) is 0 Å². The minimum Gasteiger partial charge on any atom is -0.370 e. The first-order valence-electron chi connectivity index (χ1n) is 10.3. The van der Waals surface area contributed by atoms with Crippen LogP contribution in [0.15, 0.2) is 36.5 Å². The van der Waals surface area contributed by atoms with Crippen molar-refractivity contribution in [3.63, 3.8) is 0 Å². The summed E-state index contributed by atoms with van der Waals surface area (Å²) in [6.45, 7) is 4.50. The molecule has 4 heterocycles. The number of hydrogen-bond donors (Lipinski definition) is 0. The SMILES string of the molecule is O=C(CN1CCC(c2ccccc2)CC1)N1CC[C@@H]2OCc3cnnn3[C@H]2C1. The lowest BCUT2D eigenvalue weighted by Crippen LogP contribution is -2.52. The molecule has 2 fully saturated rings. The Morgan fingerprint density at radius 2 is 1.93 bits per heavy atom. The van der Waals surface area contributed by atoms with Crippen LogP contribution in [0.1, 0.15) is 42.5 Å². The number of hydrogen-bond acceptors (Lipinski definition) is 5. The van der Waals surface area contributed by atoms with Gasteiger partial charge in [0.15, 0.2) is 0 Å². The Bertz CT molecular complexity index is 815. The Morgan fingerprint density at radius 3 is 2.75 bits per heavy atom. The molecule has 0 bridgehead atoms. The summed E-state index contributed by atoms with van der Waals surface area (Å²) in [5, 5.41) is 8.24. The first kappa shape index (κ1) is 17.8. The summed E-state index contributed by atoms with van der Waals surface area (Å²) < 4.78 is 7.91. The van der Waals surface area contributed by atoms with Gasteiger partial charge in [0, 0.05) is 13.1 Å². The molecule has 3 aliphatic heterocycles. The predicted octanol–water partition coefficient (Wildman–Crippen LogP) is 1.83. The van der Waals surface area contributed by atoms with E-state index in [1.165, 1.54) is 5.56 Å². The third kappa shape index (κ3) is 3.44. The summed E-state index contributed by atoms with van der Waals surface area (Å²) in [7, 11) is 0. The van der Waals surface area contributed by atoms with Crippen LogP contribution in [0.5, 0.6) is 0 Å². The zero-order valence-corrected chi connectivity index (χ0v) is 16.1. The monoisotopic (exact) mass is 381 g/mol. The van der Waals surface area contributed by atoms with E-state index in [1.807, 2.05) is 9.58 Å². The number of nitrogens with zero attached hydrogens (tertiary/aromatic N) is 5. The molecule has 5 rings (SSSR count). The zero-order chi connectivity index (χ0) is 18.9. The van der Waals surface area contributed by atoms with Gasteiger partial charge in [-0.2, -0.15) is 0 Å².